The summed E-state index contributed by atoms with van der Waals surface area (Å²) >= 11 is 0. The van der Waals surface area contributed by atoms with Gasteiger partial charge in [0.2, 0.25) is 5.91 Å². The van der Waals surface area contributed by atoms with Gasteiger partial charge < -0.3 is 19.7 Å². The van der Waals surface area contributed by atoms with Crippen LogP contribution in [0, 0.1) is 0 Å². The molecule has 7 nitrogen and oxygen atoms in total. The number of likely N-dealkylation sites (N-methyl/N-ethyl adjacent to an activating group) is 1. The van der Waals surface area contributed by atoms with E-state index in [9.17, 15) is 9.59 Å². The van der Waals surface area contributed by atoms with Gasteiger partial charge >= 0.3 is 0 Å². The summed E-state index contributed by atoms with van der Waals surface area (Å²) in [6.07, 6.45) is 2.27. The molecule has 0 aromatic heterocycles. The number of carbonyl (C=O) groups excluding carboxylic acids is 2. The molecular formula is C19H27N3O4. The Balaban J connectivity index is 1.53. The number of nitrogens with zero attached hydrogens (tertiary/aromatic N) is 2. The van der Waals surface area contributed by atoms with Gasteiger partial charge in [-0.05, 0) is 50.6 Å². The summed E-state index contributed by atoms with van der Waals surface area (Å²) in [4.78, 5) is 29.0. The molecule has 1 aromatic rings. The van der Waals surface area contributed by atoms with Crippen molar-refractivity contribution >= 4 is 11.8 Å². The average molecular weight is 361 g/mol. The zero-order chi connectivity index (χ0) is 18.6. The molecule has 0 atom stereocenters. The molecule has 1 spiro atoms. The monoisotopic (exact) mass is 361 g/mol. The second kappa shape index (κ2) is 7.95. The molecule has 26 heavy (non-hydrogen) atoms. The maximum Gasteiger partial charge on any atom is 0.260 e. The number of amides is 2. The standard InChI is InChI=1S/C19H27N3O4/c1-21-11-3-10-20-18(24)19(21)8-12-22(13-9-19)17(23)14-26-16-6-4-15(25-2)5-7-16/h4-7H,3,8-14H2,1-2H3,(H,20,24). The fourth-order valence-electron chi connectivity index (χ4n) is 3.71. The maximum absolute atomic E-state index is 12.5. The Morgan fingerprint density at radius 3 is 2.46 bits per heavy atom. The summed E-state index contributed by atoms with van der Waals surface area (Å²) < 4.78 is 10.7. The molecule has 3 rings (SSSR count). The minimum atomic E-state index is -0.482. The van der Waals surface area contributed by atoms with E-state index in [0.29, 0.717) is 31.7 Å². The average Bonchev–Trinajstić information content (AvgIpc) is 2.81. The van der Waals surface area contributed by atoms with E-state index in [1.807, 2.05) is 7.05 Å². The normalized spacial score (nSPS) is 20.4. The van der Waals surface area contributed by atoms with E-state index in [-0.39, 0.29) is 18.4 Å². The highest BCUT2D eigenvalue weighted by Gasteiger charge is 2.46. The van der Waals surface area contributed by atoms with Gasteiger partial charge in [-0.25, -0.2) is 0 Å². The van der Waals surface area contributed by atoms with Crippen molar-refractivity contribution in [3.05, 3.63) is 24.3 Å². The van der Waals surface area contributed by atoms with Crippen LogP contribution in [-0.4, -0.2) is 74.1 Å². The Morgan fingerprint density at radius 1 is 1.15 bits per heavy atom. The highest BCUT2D eigenvalue weighted by Crippen LogP contribution is 2.30. The largest absolute Gasteiger partial charge is 0.497 e. The van der Waals surface area contributed by atoms with E-state index >= 15 is 0 Å². The van der Waals surface area contributed by atoms with Crippen molar-refractivity contribution in [2.75, 3.05) is 46.9 Å². The summed E-state index contributed by atoms with van der Waals surface area (Å²) in [6, 6.07) is 7.15. The van der Waals surface area contributed by atoms with E-state index in [0.717, 1.165) is 25.3 Å². The van der Waals surface area contributed by atoms with E-state index in [4.69, 9.17) is 9.47 Å². The van der Waals surface area contributed by atoms with Gasteiger partial charge in [-0.1, -0.05) is 0 Å². The molecule has 0 unspecified atom stereocenters. The summed E-state index contributed by atoms with van der Waals surface area (Å²) in [5, 5.41) is 3.02. The lowest BCUT2D eigenvalue weighted by molar-refractivity contribution is -0.142. The van der Waals surface area contributed by atoms with Crippen molar-refractivity contribution in [3.8, 4) is 11.5 Å². The fraction of sp³-hybridized carbons (Fsp3) is 0.579. The van der Waals surface area contributed by atoms with Crippen LogP contribution in [-0.2, 0) is 9.59 Å². The Bertz CT molecular complexity index is 639. The van der Waals surface area contributed by atoms with Crippen LogP contribution >= 0.6 is 0 Å². The molecule has 7 heteroatoms. The van der Waals surface area contributed by atoms with Crippen molar-refractivity contribution in [2.24, 2.45) is 0 Å². The van der Waals surface area contributed by atoms with Crippen LogP contribution < -0.4 is 14.8 Å². The van der Waals surface area contributed by atoms with Gasteiger partial charge in [0.25, 0.3) is 5.91 Å². The Hall–Kier alpha value is -2.28. The molecule has 142 valence electrons. The molecule has 0 saturated carbocycles. The lowest BCUT2D eigenvalue weighted by Gasteiger charge is -2.44. The van der Waals surface area contributed by atoms with E-state index < -0.39 is 5.54 Å². The van der Waals surface area contributed by atoms with Crippen molar-refractivity contribution in [1.29, 1.82) is 0 Å². The highest BCUT2D eigenvalue weighted by atomic mass is 16.5. The minimum absolute atomic E-state index is 0.00135. The van der Waals surface area contributed by atoms with Crippen molar-refractivity contribution in [2.45, 2.75) is 24.8 Å². The fourth-order valence-corrected chi connectivity index (χ4v) is 3.71. The predicted octanol–water partition coefficient (Wildman–Crippen LogP) is 0.887. The number of hydrogen-bond donors (Lipinski definition) is 1. The highest BCUT2D eigenvalue weighted by molar-refractivity contribution is 5.87. The third-order valence-electron chi connectivity index (χ3n) is 5.47. The molecule has 0 aliphatic carbocycles. The van der Waals surface area contributed by atoms with Crippen LogP contribution in [0.1, 0.15) is 19.3 Å². The zero-order valence-corrected chi connectivity index (χ0v) is 15.5. The molecule has 0 radical (unpaired) electrons. The number of piperidine rings is 1. The van der Waals surface area contributed by atoms with Gasteiger partial charge in [0.1, 0.15) is 17.0 Å². The number of ether oxygens (including phenoxy) is 2. The van der Waals surface area contributed by atoms with Crippen molar-refractivity contribution in [1.82, 2.24) is 15.1 Å². The number of carbonyl (C=O) groups is 2. The molecule has 2 aliphatic rings. The predicted molar refractivity (Wildman–Crippen MR) is 97.3 cm³/mol. The first-order chi connectivity index (χ1) is 12.5. The summed E-state index contributed by atoms with van der Waals surface area (Å²) in [5.41, 5.74) is -0.482. The lowest BCUT2D eigenvalue weighted by Crippen LogP contribution is -2.61. The third-order valence-corrected chi connectivity index (χ3v) is 5.47. The second-order valence-electron chi connectivity index (χ2n) is 6.91. The van der Waals surface area contributed by atoms with Gasteiger partial charge in [-0.15, -0.1) is 0 Å². The quantitative estimate of drug-likeness (QED) is 0.862. The molecule has 1 aromatic carbocycles. The molecule has 1 N–H and O–H groups in total. The zero-order valence-electron chi connectivity index (χ0n) is 15.5. The van der Waals surface area contributed by atoms with Gasteiger partial charge in [0.05, 0.1) is 7.11 Å². The maximum atomic E-state index is 12.5. The van der Waals surface area contributed by atoms with Gasteiger partial charge in [0, 0.05) is 26.2 Å². The summed E-state index contributed by atoms with van der Waals surface area (Å²) in [7, 11) is 3.61. The number of nitrogens with one attached hydrogen (secondary N) is 1. The molecule has 2 aliphatic heterocycles. The van der Waals surface area contributed by atoms with Crippen LogP contribution in [0.15, 0.2) is 24.3 Å². The molecule has 2 amide bonds. The van der Waals surface area contributed by atoms with Crippen molar-refractivity contribution < 1.29 is 19.1 Å². The first kappa shape index (κ1) is 18.5. The van der Waals surface area contributed by atoms with E-state index in [1.54, 1.807) is 36.3 Å². The molecule has 2 fully saturated rings. The number of likely N-dealkylation sites (tertiary alicyclic amines) is 1. The number of benzene rings is 1. The first-order valence-corrected chi connectivity index (χ1v) is 9.09. The third kappa shape index (κ3) is 3.77. The van der Waals surface area contributed by atoms with Gasteiger partial charge in [0.15, 0.2) is 6.61 Å². The SMILES string of the molecule is COc1ccc(OCC(=O)N2CCC3(CC2)C(=O)NCCCN3C)cc1. The molecule has 2 heterocycles. The molecular weight excluding hydrogens is 334 g/mol. The van der Waals surface area contributed by atoms with Crippen LogP contribution in [0.5, 0.6) is 11.5 Å². The van der Waals surface area contributed by atoms with Crippen LogP contribution in [0.2, 0.25) is 0 Å². The number of rotatable bonds is 4. The molecule has 0 bridgehead atoms. The van der Waals surface area contributed by atoms with Gasteiger partial charge in [-0.2, -0.15) is 0 Å². The first-order valence-electron chi connectivity index (χ1n) is 9.09. The van der Waals surface area contributed by atoms with Crippen molar-refractivity contribution in [3.63, 3.8) is 0 Å². The smallest absolute Gasteiger partial charge is 0.260 e. The van der Waals surface area contributed by atoms with E-state index in [2.05, 4.69) is 10.2 Å². The minimum Gasteiger partial charge on any atom is -0.497 e. The lowest BCUT2D eigenvalue weighted by atomic mass is 9.85. The Kier molecular flexibility index (Phi) is 5.66. The summed E-state index contributed by atoms with van der Waals surface area (Å²) in [5.74, 6) is 1.43. The Morgan fingerprint density at radius 2 is 1.81 bits per heavy atom. The molecule has 2 saturated heterocycles. The summed E-state index contributed by atoms with van der Waals surface area (Å²) in [6.45, 7) is 2.77. The number of hydrogen-bond acceptors (Lipinski definition) is 5. The number of methoxy groups -OCH3 is 1. The van der Waals surface area contributed by atoms with Crippen LogP contribution in [0.25, 0.3) is 0 Å². The van der Waals surface area contributed by atoms with Crippen LogP contribution in [0.4, 0.5) is 0 Å². The van der Waals surface area contributed by atoms with Crippen LogP contribution in [0.3, 0.4) is 0 Å². The second-order valence-corrected chi connectivity index (χ2v) is 6.91. The Labute approximate surface area is 154 Å². The van der Waals surface area contributed by atoms with E-state index in [1.165, 1.54) is 0 Å². The topological polar surface area (TPSA) is 71.1 Å². The van der Waals surface area contributed by atoms with Gasteiger partial charge in [-0.3, -0.25) is 14.5 Å².